The molecule has 0 aliphatic carbocycles. The quantitative estimate of drug-likeness (QED) is 0.326. The monoisotopic (exact) mass is 513 g/mol. The van der Waals surface area contributed by atoms with E-state index < -0.39 is 11.7 Å². The largest absolute Gasteiger partial charge is 0.465 e. The van der Waals surface area contributed by atoms with Crippen molar-refractivity contribution >= 4 is 22.9 Å². The lowest BCUT2D eigenvalue weighted by atomic mass is 9.93. The molecule has 0 radical (unpaired) electrons. The number of hydrogen-bond donors (Lipinski definition) is 2. The molecule has 1 aliphatic rings. The summed E-state index contributed by atoms with van der Waals surface area (Å²) in [6.45, 7) is 4.88. The van der Waals surface area contributed by atoms with E-state index in [2.05, 4.69) is 9.97 Å². The summed E-state index contributed by atoms with van der Waals surface area (Å²) in [5.74, 6) is -0.171. The Morgan fingerprint density at radius 1 is 1.05 bits per heavy atom. The molecule has 0 fully saturated rings. The smallest absolute Gasteiger partial charge is 0.313 e. The number of aromatic nitrogens is 2. The molecule has 1 amide bonds. The van der Waals surface area contributed by atoms with E-state index in [1.165, 1.54) is 4.90 Å². The molecule has 1 aliphatic heterocycles. The lowest BCUT2D eigenvalue weighted by Gasteiger charge is -2.35. The highest BCUT2D eigenvalue weighted by molar-refractivity contribution is 6.00. The van der Waals surface area contributed by atoms with E-state index in [0.29, 0.717) is 40.2 Å². The molecule has 4 aromatic rings. The number of carbonyl (C=O) groups excluding carboxylic acids is 2. The first-order chi connectivity index (χ1) is 18.2. The van der Waals surface area contributed by atoms with Gasteiger partial charge in [0, 0.05) is 35.8 Å². The highest BCUT2D eigenvalue weighted by atomic mass is 16.5. The first-order valence-electron chi connectivity index (χ1n) is 12.5. The molecule has 38 heavy (non-hydrogen) atoms. The maximum Gasteiger partial charge on any atom is 0.313 e. The summed E-state index contributed by atoms with van der Waals surface area (Å²) in [7, 11) is 1.61. The van der Waals surface area contributed by atoms with Crippen LogP contribution in [-0.4, -0.2) is 52.2 Å². The van der Waals surface area contributed by atoms with Gasteiger partial charge in [0.25, 0.3) is 5.91 Å². The van der Waals surface area contributed by atoms with Crippen LogP contribution in [0.3, 0.4) is 0 Å². The number of rotatable bonds is 9. The molecule has 196 valence electrons. The molecule has 3 aromatic carbocycles. The molecule has 1 unspecified atom stereocenters. The van der Waals surface area contributed by atoms with Crippen LogP contribution in [0.1, 0.15) is 46.7 Å². The number of ether oxygens (including phenoxy) is 2. The van der Waals surface area contributed by atoms with Gasteiger partial charge < -0.3 is 19.6 Å². The van der Waals surface area contributed by atoms with Crippen LogP contribution in [0.15, 0.2) is 72.8 Å². The van der Waals surface area contributed by atoms with Crippen LogP contribution in [0.5, 0.6) is 0 Å². The third-order valence-corrected chi connectivity index (χ3v) is 6.76. The van der Waals surface area contributed by atoms with Gasteiger partial charge in [-0.05, 0) is 23.8 Å². The van der Waals surface area contributed by atoms with Gasteiger partial charge in [-0.3, -0.25) is 14.5 Å². The predicted octanol–water partition coefficient (Wildman–Crippen LogP) is 4.17. The summed E-state index contributed by atoms with van der Waals surface area (Å²) in [5.41, 5.74) is 1.76. The van der Waals surface area contributed by atoms with E-state index in [1.807, 2.05) is 50.2 Å². The maximum absolute atomic E-state index is 13.4. The number of carbonyl (C=O) groups is 2. The minimum atomic E-state index is -1.67. The fourth-order valence-corrected chi connectivity index (χ4v) is 4.93. The maximum atomic E-state index is 13.4. The Morgan fingerprint density at radius 3 is 2.55 bits per heavy atom. The number of aliphatic hydroxyl groups is 1. The van der Waals surface area contributed by atoms with Gasteiger partial charge in [-0.1, -0.05) is 68.4 Å². The number of benzene rings is 3. The molecule has 0 spiro atoms. The topological polar surface area (TPSA) is 105 Å². The van der Waals surface area contributed by atoms with Crippen molar-refractivity contribution in [3.63, 3.8) is 0 Å². The second kappa shape index (κ2) is 10.0. The van der Waals surface area contributed by atoms with E-state index in [1.54, 1.807) is 43.5 Å². The second-order valence-corrected chi connectivity index (χ2v) is 10.4. The minimum Gasteiger partial charge on any atom is -0.465 e. The normalized spacial score (nSPS) is 17.2. The highest BCUT2D eigenvalue weighted by Gasteiger charge is 2.49. The third kappa shape index (κ3) is 4.80. The molecule has 2 N–H and O–H groups in total. The lowest BCUT2D eigenvalue weighted by molar-refractivity contribution is -0.147. The van der Waals surface area contributed by atoms with Gasteiger partial charge in [0.05, 0.1) is 24.2 Å². The van der Waals surface area contributed by atoms with E-state index in [9.17, 15) is 14.7 Å². The Labute approximate surface area is 221 Å². The van der Waals surface area contributed by atoms with Crippen molar-refractivity contribution in [2.75, 3.05) is 20.3 Å². The van der Waals surface area contributed by atoms with E-state index in [0.717, 1.165) is 5.56 Å². The number of imidazole rings is 1. The van der Waals surface area contributed by atoms with Crippen LogP contribution in [0, 0.1) is 5.41 Å². The summed E-state index contributed by atoms with van der Waals surface area (Å²) >= 11 is 0. The fourth-order valence-electron chi connectivity index (χ4n) is 4.93. The molecule has 0 saturated carbocycles. The first kappa shape index (κ1) is 25.6. The average molecular weight is 514 g/mol. The zero-order chi connectivity index (χ0) is 26.9. The molecule has 2 heterocycles. The van der Waals surface area contributed by atoms with Gasteiger partial charge in [0.1, 0.15) is 12.2 Å². The highest BCUT2D eigenvalue weighted by Crippen LogP contribution is 2.43. The Morgan fingerprint density at radius 2 is 1.79 bits per heavy atom. The molecule has 8 heteroatoms. The number of aromatic amines is 1. The van der Waals surface area contributed by atoms with E-state index in [-0.39, 0.29) is 30.9 Å². The van der Waals surface area contributed by atoms with Crippen LogP contribution >= 0.6 is 0 Å². The van der Waals surface area contributed by atoms with Crippen molar-refractivity contribution in [3.8, 4) is 0 Å². The van der Waals surface area contributed by atoms with Gasteiger partial charge in [-0.15, -0.1) is 0 Å². The number of esters is 1. The molecule has 5 rings (SSSR count). The Hall–Kier alpha value is -4.01. The zero-order valence-corrected chi connectivity index (χ0v) is 21.7. The van der Waals surface area contributed by atoms with Crippen molar-refractivity contribution in [3.05, 3.63) is 101 Å². The third-order valence-electron chi connectivity index (χ3n) is 6.76. The van der Waals surface area contributed by atoms with Crippen molar-refractivity contribution in [1.82, 2.24) is 14.9 Å². The van der Waals surface area contributed by atoms with Gasteiger partial charge in [-0.25, -0.2) is 4.98 Å². The number of H-pyrrole nitrogens is 1. The van der Waals surface area contributed by atoms with Crippen LogP contribution < -0.4 is 0 Å². The summed E-state index contributed by atoms with van der Waals surface area (Å²) in [5, 5.41) is 12.2. The van der Waals surface area contributed by atoms with E-state index in [4.69, 9.17) is 9.47 Å². The number of nitrogens with one attached hydrogen (secondary N) is 1. The van der Waals surface area contributed by atoms with Crippen LogP contribution in [0.2, 0.25) is 0 Å². The molecule has 8 nitrogen and oxygen atoms in total. The summed E-state index contributed by atoms with van der Waals surface area (Å²) in [4.78, 5) is 35.1. The molecular weight excluding hydrogens is 482 g/mol. The number of methoxy groups -OCH3 is 1. The van der Waals surface area contributed by atoms with Crippen molar-refractivity contribution in [1.29, 1.82) is 0 Å². The molecule has 1 aromatic heterocycles. The average Bonchev–Trinajstić information content (AvgIpc) is 3.40. The van der Waals surface area contributed by atoms with Gasteiger partial charge in [-0.2, -0.15) is 0 Å². The summed E-state index contributed by atoms with van der Waals surface area (Å²) < 4.78 is 10.6. The Balaban J connectivity index is 1.44. The number of hydrogen-bond acceptors (Lipinski definition) is 6. The van der Waals surface area contributed by atoms with Crippen molar-refractivity contribution < 1.29 is 24.2 Å². The van der Waals surface area contributed by atoms with E-state index >= 15 is 0 Å². The SMILES string of the molecule is COCC(C)(C)COC(=O)Cc1nc2ccc(C3(O)c4ccccc4C(=O)N3Cc3ccccc3)cc2[nH]1. The van der Waals surface area contributed by atoms with Gasteiger partial charge in [0.2, 0.25) is 0 Å². The van der Waals surface area contributed by atoms with Crippen molar-refractivity contribution in [2.45, 2.75) is 32.5 Å². The second-order valence-electron chi connectivity index (χ2n) is 10.4. The lowest BCUT2D eigenvalue weighted by Crippen LogP contribution is -2.44. The van der Waals surface area contributed by atoms with Crippen LogP contribution in [0.4, 0.5) is 0 Å². The fraction of sp³-hybridized carbons (Fsp3) is 0.300. The first-order valence-corrected chi connectivity index (χ1v) is 12.5. The molecule has 1 atom stereocenters. The van der Waals surface area contributed by atoms with Crippen molar-refractivity contribution in [2.24, 2.45) is 5.41 Å². The molecule has 0 bridgehead atoms. The number of fused-ring (bicyclic) bond motifs is 2. The standard InChI is InChI=1S/C30H31N3O5/c1-29(2,18-37-3)19-38-27(34)16-26-31-24-14-13-21(15-25(24)32-26)30(36)23-12-8-7-11-22(23)28(35)33(30)17-20-9-5-4-6-10-20/h4-15,36H,16-19H2,1-3H3,(H,31,32). The molecular formula is C30H31N3O5. The van der Waals surface area contributed by atoms with Crippen LogP contribution in [0.25, 0.3) is 11.0 Å². The summed E-state index contributed by atoms with van der Waals surface area (Å²) in [6, 6.07) is 22.0. The molecule has 0 saturated heterocycles. The Kier molecular flexibility index (Phi) is 6.77. The Bertz CT molecular complexity index is 1480. The number of amides is 1. The van der Waals surface area contributed by atoms with Crippen LogP contribution in [-0.2, 0) is 33.0 Å². The van der Waals surface area contributed by atoms with Gasteiger partial charge in [0.15, 0.2) is 5.72 Å². The zero-order valence-electron chi connectivity index (χ0n) is 21.7. The minimum absolute atomic E-state index is 0.0151. The predicted molar refractivity (Wildman–Crippen MR) is 142 cm³/mol. The van der Waals surface area contributed by atoms with Gasteiger partial charge >= 0.3 is 5.97 Å². The number of nitrogens with zero attached hydrogens (tertiary/aromatic N) is 2. The summed E-state index contributed by atoms with van der Waals surface area (Å²) in [6.07, 6.45) is -0.0151.